The summed E-state index contributed by atoms with van der Waals surface area (Å²) in [6, 6.07) is 2.23. The quantitative estimate of drug-likeness (QED) is 0.871. The molecule has 1 saturated carbocycles. The molecule has 0 bridgehead atoms. The number of amides is 1. The highest BCUT2D eigenvalue weighted by Gasteiger charge is 2.36. The molecule has 1 heterocycles. The number of nitrogens with two attached hydrogens (primary N) is 2. The maximum absolute atomic E-state index is 11.4. The van der Waals surface area contributed by atoms with E-state index in [4.69, 9.17) is 11.5 Å². The molecule has 1 fully saturated rings. The van der Waals surface area contributed by atoms with E-state index in [0.29, 0.717) is 6.42 Å². The molecule has 20 heavy (non-hydrogen) atoms. The highest BCUT2D eigenvalue weighted by atomic mass is 32.1. The first-order valence-electron chi connectivity index (χ1n) is 7.53. The first-order chi connectivity index (χ1) is 9.42. The van der Waals surface area contributed by atoms with Crippen molar-refractivity contribution < 1.29 is 4.79 Å². The molecule has 4 heteroatoms. The first-order valence-corrected chi connectivity index (χ1v) is 8.34. The fourth-order valence-electron chi connectivity index (χ4n) is 3.71. The van der Waals surface area contributed by atoms with Crippen molar-refractivity contribution in [1.82, 2.24) is 0 Å². The Kier molecular flexibility index (Phi) is 4.86. The minimum Gasteiger partial charge on any atom is -0.370 e. The molecule has 1 aromatic rings. The average Bonchev–Trinajstić information content (AvgIpc) is 2.68. The number of thiophene rings is 1. The highest BCUT2D eigenvalue weighted by molar-refractivity contribution is 7.12. The van der Waals surface area contributed by atoms with Crippen LogP contribution in [0.3, 0.4) is 0 Å². The predicted octanol–water partition coefficient (Wildman–Crippen LogP) is 3.58. The van der Waals surface area contributed by atoms with Gasteiger partial charge in [-0.25, -0.2) is 0 Å². The van der Waals surface area contributed by atoms with Gasteiger partial charge in [-0.05, 0) is 50.2 Å². The highest BCUT2D eigenvalue weighted by Crippen LogP contribution is 2.46. The second-order valence-corrected chi connectivity index (χ2v) is 7.71. The summed E-state index contributed by atoms with van der Waals surface area (Å²) in [6.07, 6.45) is 7.22. The molecule has 0 spiro atoms. The van der Waals surface area contributed by atoms with Gasteiger partial charge in [-0.3, -0.25) is 4.79 Å². The van der Waals surface area contributed by atoms with Crippen LogP contribution in [-0.2, 0) is 4.79 Å². The van der Waals surface area contributed by atoms with E-state index in [1.54, 1.807) is 11.3 Å². The molecular formula is C16H26N2OS. The van der Waals surface area contributed by atoms with Crippen molar-refractivity contribution in [3.63, 3.8) is 0 Å². The van der Waals surface area contributed by atoms with Crippen molar-refractivity contribution in [2.24, 2.45) is 16.9 Å². The molecule has 1 amide bonds. The lowest BCUT2D eigenvalue weighted by Crippen LogP contribution is -2.33. The van der Waals surface area contributed by atoms with E-state index < -0.39 is 0 Å². The van der Waals surface area contributed by atoms with Crippen molar-refractivity contribution in [2.75, 3.05) is 0 Å². The van der Waals surface area contributed by atoms with Crippen molar-refractivity contribution in [1.29, 1.82) is 0 Å². The van der Waals surface area contributed by atoms with Crippen LogP contribution in [0.25, 0.3) is 0 Å². The van der Waals surface area contributed by atoms with Crippen LogP contribution in [-0.4, -0.2) is 5.91 Å². The molecule has 112 valence electrons. The van der Waals surface area contributed by atoms with Crippen LogP contribution in [0.1, 0.15) is 66.3 Å². The molecule has 3 nitrogen and oxygen atoms in total. The summed E-state index contributed by atoms with van der Waals surface area (Å²) in [6.45, 7) is 4.24. The van der Waals surface area contributed by atoms with Crippen LogP contribution in [0.5, 0.6) is 0 Å². The first kappa shape index (κ1) is 15.5. The third kappa shape index (κ3) is 3.61. The summed E-state index contributed by atoms with van der Waals surface area (Å²) >= 11 is 1.79. The zero-order chi connectivity index (χ0) is 14.8. The van der Waals surface area contributed by atoms with Crippen molar-refractivity contribution in [3.8, 4) is 0 Å². The maximum Gasteiger partial charge on any atom is 0.217 e. The van der Waals surface area contributed by atoms with Crippen LogP contribution < -0.4 is 11.5 Å². The van der Waals surface area contributed by atoms with Crippen molar-refractivity contribution >= 4 is 17.2 Å². The lowest BCUT2D eigenvalue weighted by atomic mass is 9.68. The molecular weight excluding hydrogens is 268 g/mol. The number of hydrogen-bond acceptors (Lipinski definition) is 3. The van der Waals surface area contributed by atoms with E-state index in [2.05, 4.69) is 19.9 Å². The fourth-order valence-corrected chi connectivity index (χ4v) is 4.75. The molecule has 1 atom stereocenters. The van der Waals surface area contributed by atoms with E-state index in [0.717, 1.165) is 19.3 Å². The van der Waals surface area contributed by atoms with Gasteiger partial charge < -0.3 is 11.5 Å². The standard InChI is InChI=1S/C16H26N2OS/c1-11-8-12(2)20-15(11)13(17)9-16(10-14(18)19)6-4-3-5-7-16/h8,13H,3-7,9-10,17H2,1-2H3,(H2,18,19). The summed E-state index contributed by atoms with van der Waals surface area (Å²) in [4.78, 5) is 14.0. The van der Waals surface area contributed by atoms with Crippen LogP contribution in [0.2, 0.25) is 0 Å². The monoisotopic (exact) mass is 294 g/mol. The molecule has 0 saturated heterocycles. The normalized spacial score (nSPS) is 19.8. The van der Waals surface area contributed by atoms with Crippen molar-refractivity contribution in [2.45, 2.75) is 64.8 Å². The Balaban J connectivity index is 2.14. The van der Waals surface area contributed by atoms with Gasteiger partial charge in [0.1, 0.15) is 0 Å². The van der Waals surface area contributed by atoms with Crippen LogP contribution in [0.4, 0.5) is 0 Å². The zero-order valence-corrected chi connectivity index (χ0v) is 13.4. The minimum absolute atomic E-state index is 0.0335. The Morgan fingerprint density at radius 2 is 2.00 bits per heavy atom. The van der Waals surface area contributed by atoms with E-state index in [1.165, 1.54) is 34.6 Å². The molecule has 4 N–H and O–H groups in total. The van der Waals surface area contributed by atoms with Gasteiger partial charge in [0.05, 0.1) is 0 Å². The predicted molar refractivity (Wildman–Crippen MR) is 84.7 cm³/mol. The Morgan fingerprint density at radius 1 is 1.35 bits per heavy atom. The minimum atomic E-state index is -0.182. The number of carbonyl (C=O) groups excluding carboxylic acids is 1. The smallest absolute Gasteiger partial charge is 0.217 e. The summed E-state index contributed by atoms with van der Waals surface area (Å²) in [5.41, 5.74) is 13.3. The third-order valence-corrected chi connectivity index (χ3v) is 5.82. The Morgan fingerprint density at radius 3 is 2.50 bits per heavy atom. The van der Waals surface area contributed by atoms with Gasteiger partial charge in [0.25, 0.3) is 0 Å². The Hall–Kier alpha value is -0.870. The maximum atomic E-state index is 11.4. The number of carbonyl (C=O) groups is 1. The fraction of sp³-hybridized carbons (Fsp3) is 0.688. The van der Waals surface area contributed by atoms with E-state index in [-0.39, 0.29) is 17.4 Å². The van der Waals surface area contributed by atoms with Gasteiger partial charge in [0, 0.05) is 22.2 Å². The lowest BCUT2D eigenvalue weighted by Gasteiger charge is -2.38. The molecule has 0 aliphatic heterocycles. The Bertz CT molecular complexity index is 475. The summed E-state index contributed by atoms with van der Waals surface area (Å²) < 4.78 is 0. The van der Waals surface area contributed by atoms with Gasteiger partial charge in [0.2, 0.25) is 5.91 Å². The summed E-state index contributed by atoms with van der Waals surface area (Å²) in [5.74, 6) is -0.182. The lowest BCUT2D eigenvalue weighted by molar-refractivity contribution is -0.121. The van der Waals surface area contributed by atoms with E-state index in [9.17, 15) is 4.79 Å². The number of hydrogen-bond donors (Lipinski definition) is 2. The molecule has 0 radical (unpaired) electrons. The molecule has 1 aromatic heterocycles. The number of primary amides is 1. The second-order valence-electron chi connectivity index (χ2n) is 6.42. The van der Waals surface area contributed by atoms with Gasteiger partial charge in [-0.2, -0.15) is 0 Å². The topological polar surface area (TPSA) is 69.1 Å². The van der Waals surface area contributed by atoms with Gasteiger partial charge in [0.15, 0.2) is 0 Å². The average molecular weight is 294 g/mol. The van der Waals surface area contributed by atoms with Gasteiger partial charge >= 0.3 is 0 Å². The van der Waals surface area contributed by atoms with Crippen LogP contribution in [0.15, 0.2) is 6.07 Å². The summed E-state index contributed by atoms with van der Waals surface area (Å²) in [5, 5.41) is 0. The zero-order valence-electron chi connectivity index (χ0n) is 12.6. The van der Waals surface area contributed by atoms with Gasteiger partial charge in [-0.1, -0.05) is 19.3 Å². The van der Waals surface area contributed by atoms with E-state index in [1.807, 2.05) is 0 Å². The summed E-state index contributed by atoms with van der Waals surface area (Å²) in [7, 11) is 0. The largest absolute Gasteiger partial charge is 0.370 e. The number of rotatable bonds is 5. The third-order valence-electron chi connectivity index (χ3n) is 4.53. The molecule has 1 unspecified atom stereocenters. The van der Waals surface area contributed by atoms with Crippen molar-refractivity contribution in [3.05, 3.63) is 21.4 Å². The molecule has 1 aliphatic rings. The molecule has 2 rings (SSSR count). The number of aryl methyl sites for hydroxylation is 2. The SMILES string of the molecule is Cc1cc(C)c(C(N)CC2(CC(N)=O)CCCCC2)s1. The van der Waals surface area contributed by atoms with Crippen LogP contribution >= 0.6 is 11.3 Å². The van der Waals surface area contributed by atoms with E-state index >= 15 is 0 Å². The van der Waals surface area contributed by atoms with Crippen LogP contribution in [0, 0.1) is 19.3 Å². The van der Waals surface area contributed by atoms with Gasteiger partial charge in [-0.15, -0.1) is 11.3 Å². The molecule has 1 aliphatic carbocycles. The molecule has 0 aromatic carbocycles. The Labute approximate surface area is 125 Å². The second kappa shape index (κ2) is 6.27.